The largest absolute Gasteiger partial charge is 0.493 e. The first-order chi connectivity index (χ1) is 20.8. The van der Waals surface area contributed by atoms with Crippen LogP contribution in [0.3, 0.4) is 0 Å². The molecule has 0 saturated heterocycles. The van der Waals surface area contributed by atoms with E-state index < -0.39 is 18.0 Å². The van der Waals surface area contributed by atoms with Crippen molar-refractivity contribution in [2.45, 2.75) is 26.8 Å². The van der Waals surface area contributed by atoms with Crippen LogP contribution in [0, 0.1) is 0 Å². The molecule has 11 heteroatoms. The Balaban J connectivity index is 1.57. The van der Waals surface area contributed by atoms with Gasteiger partial charge in [0.25, 0.3) is 5.56 Å². The molecule has 3 heterocycles. The molecule has 5 rings (SSSR count). The van der Waals surface area contributed by atoms with E-state index >= 15 is 0 Å². The second-order valence-electron chi connectivity index (χ2n) is 9.42. The van der Waals surface area contributed by atoms with Crippen LogP contribution in [-0.2, 0) is 14.3 Å². The zero-order chi connectivity index (χ0) is 30.7. The molecule has 0 bridgehead atoms. The smallest absolute Gasteiger partial charge is 0.338 e. The molecular weight excluding hydrogens is 572 g/mol. The highest BCUT2D eigenvalue weighted by Gasteiger charge is 2.34. The van der Waals surface area contributed by atoms with Crippen molar-refractivity contribution in [1.82, 2.24) is 4.57 Å². The molecule has 1 aliphatic rings. The molecule has 2 aromatic carbocycles. The fourth-order valence-corrected chi connectivity index (χ4v) is 5.86. The number of aromatic nitrogens is 1. The number of hydrogen-bond donors (Lipinski definition) is 0. The van der Waals surface area contributed by atoms with Crippen LogP contribution < -0.4 is 24.4 Å². The van der Waals surface area contributed by atoms with Gasteiger partial charge in [-0.3, -0.25) is 9.36 Å². The van der Waals surface area contributed by atoms with Crippen molar-refractivity contribution >= 4 is 29.4 Å². The van der Waals surface area contributed by atoms with Crippen LogP contribution in [0.25, 0.3) is 17.4 Å². The van der Waals surface area contributed by atoms with Gasteiger partial charge in [0, 0.05) is 11.6 Å². The monoisotopic (exact) mass is 602 g/mol. The van der Waals surface area contributed by atoms with E-state index in [1.165, 1.54) is 30.1 Å². The molecular formula is C32H30N2O8S. The maximum atomic E-state index is 13.9. The third-order valence-electron chi connectivity index (χ3n) is 6.82. The maximum Gasteiger partial charge on any atom is 0.338 e. The number of esters is 2. The topological polar surface area (TPSA) is 119 Å². The van der Waals surface area contributed by atoms with Gasteiger partial charge in [0.05, 0.1) is 54.8 Å². The predicted molar refractivity (Wildman–Crippen MR) is 160 cm³/mol. The average molecular weight is 603 g/mol. The number of carbonyl (C=O) groups is 2. The third kappa shape index (κ3) is 5.76. The van der Waals surface area contributed by atoms with E-state index in [-0.39, 0.29) is 17.7 Å². The molecule has 1 atom stereocenters. The molecule has 0 fully saturated rings. The van der Waals surface area contributed by atoms with E-state index in [1.807, 2.05) is 0 Å². The van der Waals surface area contributed by atoms with Gasteiger partial charge in [-0.1, -0.05) is 29.5 Å². The van der Waals surface area contributed by atoms with Crippen LogP contribution in [0.5, 0.6) is 11.5 Å². The number of thiazole rings is 1. The van der Waals surface area contributed by atoms with Crippen molar-refractivity contribution in [2.24, 2.45) is 4.99 Å². The van der Waals surface area contributed by atoms with E-state index in [0.29, 0.717) is 55.8 Å². The summed E-state index contributed by atoms with van der Waals surface area (Å²) >= 11 is 1.19. The molecule has 0 radical (unpaired) electrons. The fourth-order valence-electron chi connectivity index (χ4n) is 4.83. The number of hydrogen-bond acceptors (Lipinski definition) is 10. The van der Waals surface area contributed by atoms with Crippen molar-refractivity contribution in [1.29, 1.82) is 0 Å². The third-order valence-corrected chi connectivity index (χ3v) is 7.80. The Labute approximate surface area is 251 Å². The lowest BCUT2D eigenvalue weighted by molar-refractivity contribution is -0.139. The zero-order valence-electron chi connectivity index (χ0n) is 24.3. The van der Waals surface area contributed by atoms with E-state index in [9.17, 15) is 14.4 Å². The van der Waals surface area contributed by atoms with Gasteiger partial charge in [0.15, 0.2) is 16.3 Å². The minimum absolute atomic E-state index is 0.172. The summed E-state index contributed by atoms with van der Waals surface area (Å²) in [7, 11) is 3.06. The van der Waals surface area contributed by atoms with Gasteiger partial charge in [-0.2, -0.15) is 0 Å². The van der Waals surface area contributed by atoms with Gasteiger partial charge in [0.2, 0.25) is 0 Å². The summed E-state index contributed by atoms with van der Waals surface area (Å²) in [5, 5.41) is 0. The molecule has 222 valence electrons. The molecule has 0 spiro atoms. The van der Waals surface area contributed by atoms with Crippen LogP contribution in [0.4, 0.5) is 0 Å². The number of allylic oxidation sites excluding steroid dienone is 1. The Hall–Kier alpha value is -4.90. The first kappa shape index (κ1) is 29.6. The normalized spacial score (nSPS) is 14.6. The zero-order valence-corrected chi connectivity index (χ0v) is 25.2. The fraction of sp³-hybridized carbons (Fsp3) is 0.250. The minimum atomic E-state index is -0.803. The predicted octanol–water partition coefficient (Wildman–Crippen LogP) is 4.25. The van der Waals surface area contributed by atoms with Crippen molar-refractivity contribution in [2.75, 3.05) is 27.4 Å². The first-order valence-electron chi connectivity index (χ1n) is 13.6. The number of nitrogens with zero attached hydrogens (tertiary/aromatic N) is 2. The summed E-state index contributed by atoms with van der Waals surface area (Å²) < 4.78 is 29.2. The Morgan fingerprint density at radius 2 is 1.65 bits per heavy atom. The second kappa shape index (κ2) is 12.5. The number of fused-ring (bicyclic) bond motifs is 1. The van der Waals surface area contributed by atoms with Crippen LogP contribution in [0.2, 0.25) is 0 Å². The molecule has 2 aromatic heterocycles. The molecule has 0 aliphatic carbocycles. The van der Waals surface area contributed by atoms with Gasteiger partial charge in [-0.05, 0) is 62.7 Å². The molecule has 0 amide bonds. The van der Waals surface area contributed by atoms with Crippen molar-refractivity contribution in [3.05, 3.63) is 102 Å². The second-order valence-corrected chi connectivity index (χ2v) is 10.4. The summed E-state index contributed by atoms with van der Waals surface area (Å²) in [6.07, 6.45) is 1.65. The maximum absolute atomic E-state index is 13.9. The van der Waals surface area contributed by atoms with E-state index in [0.717, 1.165) is 5.56 Å². The number of furan rings is 1. The Bertz CT molecular complexity index is 1900. The van der Waals surface area contributed by atoms with E-state index in [1.54, 1.807) is 81.4 Å². The summed E-state index contributed by atoms with van der Waals surface area (Å²) in [5.41, 5.74) is 2.22. The molecule has 1 aliphatic heterocycles. The summed E-state index contributed by atoms with van der Waals surface area (Å²) in [5.74, 6) is 1.05. The SMILES string of the molecule is CCOC(=O)C1=C(C)N=c2s/c(=C/c3ccc(-c4ccc(C(=O)OCC)cc4)o3)c(=O)n2[C@@H]1c1ccc(OC)c(OC)c1. The van der Waals surface area contributed by atoms with E-state index in [4.69, 9.17) is 23.4 Å². The Morgan fingerprint density at radius 3 is 2.33 bits per heavy atom. The Morgan fingerprint density at radius 1 is 0.953 bits per heavy atom. The number of methoxy groups -OCH3 is 2. The minimum Gasteiger partial charge on any atom is -0.493 e. The number of ether oxygens (including phenoxy) is 4. The van der Waals surface area contributed by atoms with Gasteiger partial charge in [-0.25, -0.2) is 14.6 Å². The average Bonchev–Trinajstić information content (AvgIpc) is 3.60. The highest BCUT2D eigenvalue weighted by molar-refractivity contribution is 7.07. The molecule has 4 aromatic rings. The molecule has 0 N–H and O–H groups in total. The van der Waals surface area contributed by atoms with E-state index in [2.05, 4.69) is 4.99 Å². The lowest BCUT2D eigenvalue weighted by Gasteiger charge is -2.25. The lowest BCUT2D eigenvalue weighted by atomic mass is 9.95. The number of carbonyl (C=O) groups excluding carboxylic acids is 2. The van der Waals surface area contributed by atoms with Gasteiger partial charge < -0.3 is 23.4 Å². The first-order valence-corrected chi connectivity index (χ1v) is 14.4. The standard InChI is InChI=1S/C32H30N2O8S/c1-6-40-30(36)20-10-8-19(9-11-20)23-15-13-22(42-23)17-26-29(35)34-28(21-12-14-24(38-4)25(16-21)39-5)27(31(37)41-7-2)18(3)33-32(34)43-26/h8-17,28H,6-7H2,1-5H3/b26-17+/t28-/m1/s1. The highest BCUT2D eigenvalue weighted by atomic mass is 32.1. The number of benzene rings is 2. The molecule has 43 heavy (non-hydrogen) atoms. The highest BCUT2D eigenvalue weighted by Crippen LogP contribution is 2.36. The van der Waals surface area contributed by atoms with Crippen molar-refractivity contribution in [3.63, 3.8) is 0 Å². The summed E-state index contributed by atoms with van der Waals surface area (Å²) in [6.45, 7) is 5.67. The van der Waals surface area contributed by atoms with Crippen LogP contribution in [-0.4, -0.2) is 43.9 Å². The quantitative estimate of drug-likeness (QED) is 0.261. The van der Waals surface area contributed by atoms with Crippen molar-refractivity contribution < 1.29 is 33.0 Å². The molecule has 0 unspecified atom stereocenters. The van der Waals surface area contributed by atoms with Crippen LogP contribution in [0.15, 0.2) is 80.1 Å². The molecule has 10 nitrogen and oxygen atoms in total. The van der Waals surface area contributed by atoms with Gasteiger partial charge in [0.1, 0.15) is 11.5 Å². The molecule has 0 saturated carbocycles. The lowest BCUT2D eigenvalue weighted by Crippen LogP contribution is -2.39. The van der Waals surface area contributed by atoms with Gasteiger partial charge in [-0.15, -0.1) is 0 Å². The Kier molecular flexibility index (Phi) is 8.63. The van der Waals surface area contributed by atoms with Crippen molar-refractivity contribution in [3.8, 4) is 22.8 Å². The summed E-state index contributed by atoms with van der Waals surface area (Å²) in [6, 6.07) is 14.9. The van der Waals surface area contributed by atoms with Gasteiger partial charge >= 0.3 is 11.9 Å². The summed E-state index contributed by atoms with van der Waals surface area (Å²) in [4.78, 5) is 44.1. The van der Waals surface area contributed by atoms with Crippen LogP contribution in [0.1, 0.15) is 48.5 Å². The number of rotatable bonds is 9. The van der Waals surface area contributed by atoms with Crippen LogP contribution >= 0.6 is 11.3 Å².